The van der Waals surface area contributed by atoms with Gasteiger partial charge >= 0.3 is 12.2 Å². The summed E-state index contributed by atoms with van der Waals surface area (Å²) in [5.74, 6) is -1.71. The van der Waals surface area contributed by atoms with E-state index in [1.54, 1.807) is 11.9 Å². The third-order valence-electron chi connectivity index (χ3n) is 9.21. The van der Waals surface area contributed by atoms with Crippen molar-refractivity contribution in [3.63, 3.8) is 0 Å². The van der Waals surface area contributed by atoms with Crippen LogP contribution in [0.5, 0.6) is 6.01 Å². The van der Waals surface area contributed by atoms with Crippen LogP contribution >= 0.6 is 11.3 Å². The number of nitrogen functional groups attached to an aromatic ring is 1. The zero-order valence-corrected chi connectivity index (χ0v) is 23.7. The van der Waals surface area contributed by atoms with Crippen LogP contribution in [-0.2, 0) is 6.18 Å². The summed E-state index contributed by atoms with van der Waals surface area (Å²) in [6.07, 6.45) is 1.81. The van der Waals surface area contributed by atoms with Gasteiger partial charge in [-0.1, -0.05) is 11.3 Å². The van der Waals surface area contributed by atoms with Crippen molar-refractivity contribution >= 4 is 43.4 Å². The molecule has 222 valence electrons. The minimum absolute atomic E-state index is 0.0410. The van der Waals surface area contributed by atoms with Crippen molar-refractivity contribution in [1.82, 2.24) is 19.9 Å². The van der Waals surface area contributed by atoms with Crippen molar-refractivity contribution in [2.24, 2.45) is 0 Å². The lowest BCUT2D eigenvalue weighted by atomic mass is 9.91. The molecule has 7 nitrogen and oxygen atoms in total. The number of hydrogen-bond acceptors (Lipinski definition) is 8. The summed E-state index contributed by atoms with van der Waals surface area (Å²) >= 11 is 0.789. The van der Waals surface area contributed by atoms with E-state index in [1.807, 2.05) is 0 Å². The van der Waals surface area contributed by atoms with Crippen LogP contribution in [-0.4, -0.2) is 58.2 Å². The van der Waals surface area contributed by atoms with Crippen LogP contribution in [0.15, 0.2) is 18.2 Å². The number of nitrogens with zero attached hydrogens (tertiary/aromatic N) is 5. The highest BCUT2D eigenvalue weighted by Crippen LogP contribution is 2.46. The number of benzene rings is 2. The molecule has 0 radical (unpaired) electrons. The van der Waals surface area contributed by atoms with E-state index < -0.39 is 28.9 Å². The first-order valence-electron chi connectivity index (χ1n) is 14.1. The Balaban J connectivity index is 1.43. The van der Waals surface area contributed by atoms with Crippen LogP contribution in [0, 0.1) is 11.6 Å². The summed E-state index contributed by atoms with van der Waals surface area (Å²) in [6, 6.07) is 2.97. The van der Waals surface area contributed by atoms with Crippen LogP contribution in [0.2, 0.25) is 0 Å². The largest absolute Gasteiger partial charge is 0.461 e. The fraction of sp³-hybridized carbons (Fsp3) is 0.483. The molecule has 3 fully saturated rings. The summed E-state index contributed by atoms with van der Waals surface area (Å²) < 4.78 is 81.2. The average molecular weight is 605 g/mol. The molecule has 0 amide bonds. The molecule has 2 aromatic heterocycles. The average Bonchev–Trinajstić information content (AvgIpc) is 3.60. The molecular formula is C29H29F5N6OS. The summed E-state index contributed by atoms with van der Waals surface area (Å²) in [6.45, 7) is 2.29. The minimum Gasteiger partial charge on any atom is -0.461 e. The highest BCUT2D eigenvalue weighted by molar-refractivity contribution is 7.22. The summed E-state index contributed by atoms with van der Waals surface area (Å²) in [7, 11) is 1.75. The number of alkyl halides is 3. The summed E-state index contributed by atoms with van der Waals surface area (Å²) in [5, 5.41) is -0.108. The molecule has 2 saturated heterocycles. The minimum atomic E-state index is -4.94. The van der Waals surface area contributed by atoms with Gasteiger partial charge in [-0.3, -0.25) is 4.90 Å². The Hall–Kier alpha value is -3.32. The number of aromatic nitrogens is 3. The molecular weight excluding hydrogens is 575 g/mol. The van der Waals surface area contributed by atoms with Gasteiger partial charge < -0.3 is 15.4 Å². The maximum absolute atomic E-state index is 16.6. The normalized spacial score (nSPS) is 19.0. The van der Waals surface area contributed by atoms with Crippen LogP contribution in [0.3, 0.4) is 0 Å². The van der Waals surface area contributed by atoms with Gasteiger partial charge in [0, 0.05) is 29.6 Å². The first-order valence-corrected chi connectivity index (χ1v) is 14.9. The maximum Gasteiger partial charge on any atom is 0.417 e. The number of hydrogen-bond donors (Lipinski definition) is 1. The van der Waals surface area contributed by atoms with Crippen LogP contribution in [0.25, 0.3) is 32.2 Å². The van der Waals surface area contributed by atoms with Crippen molar-refractivity contribution in [2.75, 3.05) is 37.4 Å². The molecule has 13 heteroatoms. The fourth-order valence-corrected chi connectivity index (χ4v) is 7.58. The van der Waals surface area contributed by atoms with E-state index in [4.69, 9.17) is 10.5 Å². The maximum atomic E-state index is 16.6. The van der Waals surface area contributed by atoms with Gasteiger partial charge in [-0.25, -0.2) is 13.8 Å². The predicted octanol–water partition coefficient (Wildman–Crippen LogP) is 6.78. The van der Waals surface area contributed by atoms with Crippen LogP contribution in [0.4, 0.5) is 32.9 Å². The Morgan fingerprint density at radius 1 is 1.07 bits per heavy atom. The Morgan fingerprint density at radius 3 is 2.48 bits per heavy atom. The Kier molecular flexibility index (Phi) is 6.46. The zero-order chi connectivity index (χ0) is 29.4. The number of thiazole rings is 1. The van der Waals surface area contributed by atoms with E-state index in [0.717, 1.165) is 87.6 Å². The lowest BCUT2D eigenvalue weighted by Gasteiger charge is -2.36. The third-order valence-corrected chi connectivity index (χ3v) is 10.1. The second-order valence-corrected chi connectivity index (χ2v) is 12.6. The van der Waals surface area contributed by atoms with E-state index >= 15 is 4.39 Å². The van der Waals surface area contributed by atoms with Crippen molar-refractivity contribution in [3.8, 4) is 17.1 Å². The summed E-state index contributed by atoms with van der Waals surface area (Å²) in [5.41, 5.74) is 3.01. The van der Waals surface area contributed by atoms with Crippen molar-refractivity contribution in [1.29, 1.82) is 0 Å². The number of ether oxygens (including phenoxy) is 1. The SMILES string of the molecule is CN(c1nc(OCC23CCCN2CCC3)nc2c(F)c(-c3ccc(F)c4sc(N)nc34)c(C(F)(F)F)cc12)C1CCC1. The lowest BCUT2D eigenvalue weighted by Crippen LogP contribution is -2.43. The molecule has 2 aromatic carbocycles. The van der Waals surface area contributed by atoms with E-state index in [0.29, 0.717) is 6.61 Å². The van der Waals surface area contributed by atoms with Crippen molar-refractivity contribution < 1.29 is 26.7 Å². The Morgan fingerprint density at radius 2 is 1.81 bits per heavy atom. The van der Waals surface area contributed by atoms with Gasteiger partial charge in [0.15, 0.2) is 10.9 Å². The molecule has 2 aliphatic heterocycles. The topological polar surface area (TPSA) is 80.4 Å². The standard InChI is InChI=1S/C29H29F5N6OS/c1-39(15-5-2-6-15)25-17-13-18(29(32,33)34)20(16-7-8-19(30)24-23(16)36-26(35)42-24)21(31)22(17)37-27(38-25)41-14-28-9-3-11-40(28)12-4-10-28/h7-8,13,15H,2-6,9-12,14H2,1H3,(H2,35,36). The molecule has 0 atom stereocenters. The third kappa shape index (κ3) is 4.34. The molecule has 3 aliphatic rings. The molecule has 1 aliphatic carbocycles. The fourth-order valence-electron chi connectivity index (χ4n) is 6.81. The summed E-state index contributed by atoms with van der Waals surface area (Å²) in [4.78, 5) is 17.2. The monoisotopic (exact) mass is 604 g/mol. The molecule has 0 unspecified atom stereocenters. The molecule has 4 heterocycles. The zero-order valence-electron chi connectivity index (χ0n) is 22.9. The molecule has 7 rings (SSSR count). The van der Waals surface area contributed by atoms with Gasteiger partial charge in [0.05, 0.1) is 21.3 Å². The Bertz CT molecular complexity index is 1690. The first-order chi connectivity index (χ1) is 20.1. The van der Waals surface area contributed by atoms with Gasteiger partial charge in [0.1, 0.15) is 23.8 Å². The van der Waals surface area contributed by atoms with Crippen molar-refractivity contribution in [2.45, 2.75) is 62.7 Å². The van der Waals surface area contributed by atoms with Gasteiger partial charge in [-0.15, -0.1) is 0 Å². The predicted molar refractivity (Wildman–Crippen MR) is 152 cm³/mol. The Labute approximate surface area is 242 Å². The molecule has 4 aromatic rings. The van der Waals surface area contributed by atoms with Gasteiger partial charge in [-0.2, -0.15) is 23.1 Å². The first kappa shape index (κ1) is 27.5. The van der Waals surface area contributed by atoms with E-state index in [9.17, 15) is 17.6 Å². The number of nitrogens with two attached hydrogens (primary N) is 1. The number of anilines is 2. The highest BCUT2D eigenvalue weighted by atomic mass is 32.1. The molecule has 0 spiro atoms. The van der Waals surface area contributed by atoms with E-state index in [1.165, 1.54) is 0 Å². The van der Waals surface area contributed by atoms with Crippen molar-refractivity contribution in [3.05, 3.63) is 35.4 Å². The molecule has 0 bridgehead atoms. The second-order valence-electron chi connectivity index (χ2n) is 11.6. The van der Waals surface area contributed by atoms with E-state index in [-0.39, 0.29) is 55.2 Å². The number of rotatable bonds is 6. The van der Waals surface area contributed by atoms with Gasteiger partial charge in [0.2, 0.25) is 0 Å². The van der Waals surface area contributed by atoms with Crippen LogP contribution < -0.4 is 15.4 Å². The molecule has 1 saturated carbocycles. The molecule has 2 N–H and O–H groups in total. The number of fused-ring (bicyclic) bond motifs is 3. The van der Waals surface area contributed by atoms with Crippen LogP contribution in [0.1, 0.15) is 50.5 Å². The lowest BCUT2D eigenvalue weighted by molar-refractivity contribution is -0.137. The van der Waals surface area contributed by atoms with Gasteiger partial charge in [0.25, 0.3) is 0 Å². The van der Waals surface area contributed by atoms with Gasteiger partial charge in [-0.05, 0) is 76.2 Å². The quantitative estimate of drug-likeness (QED) is 0.243. The van der Waals surface area contributed by atoms with E-state index in [2.05, 4.69) is 19.9 Å². The molecule has 42 heavy (non-hydrogen) atoms. The second kappa shape index (κ2) is 9.87. The highest BCUT2D eigenvalue weighted by Gasteiger charge is 2.45. The smallest absolute Gasteiger partial charge is 0.417 e. The number of halogens is 5.